The Morgan fingerprint density at radius 2 is 1.85 bits per heavy atom. The first kappa shape index (κ1) is 15.0. The summed E-state index contributed by atoms with van der Waals surface area (Å²) >= 11 is 15.9. The number of hydrogen-bond donors (Lipinski definition) is 2. The lowest BCUT2D eigenvalue weighted by molar-refractivity contribution is -0.113. The molecule has 0 aliphatic carbocycles. The SMILES string of the molecule is O=C(CS)Nc1cccc(Oc2ccc(Cl)cc2)c1Cl. The minimum atomic E-state index is -0.237. The molecule has 0 aliphatic rings. The number of carbonyl (C=O) groups is 1. The molecule has 1 amide bonds. The van der Waals surface area contributed by atoms with Gasteiger partial charge in [0.2, 0.25) is 5.91 Å². The third kappa shape index (κ3) is 3.82. The molecular weight excluding hydrogens is 317 g/mol. The van der Waals surface area contributed by atoms with Crippen molar-refractivity contribution in [3.63, 3.8) is 0 Å². The Morgan fingerprint density at radius 1 is 1.15 bits per heavy atom. The molecule has 2 rings (SSSR count). The number of halogens is 2. The molecule has 3 nitrogen and oxygen atoms in total. The van der Waals surface area contributed by atoms with Crippen molar-refractivity contribution in [1.29, 1.82) is 0 Å². The van der Waals surface area contributed by atoms with Crippen molar-refractivity contribution in [2.75, 3.05) is 11.1 Å². The van der Waals surface area contributed by atoms with Gasteiger partial charge in [-0.05, 0) is 36.4 Å². The molecular formula is C14H11Cl2NO2S. The van der Waals surface area contributed by atoms with Crippen LogP contribution in [0.1, 0.15) is 0 Å². The predicted octanol–water partition coefficient (Wildman–Crippen LogP) is 4.65. The summed E-state index contributed by atoms with van der Waals surface area (Å²) in [6.07, 6.45) is 0. The van der Waals surface area contributed by atoms with Crippen LogP contribution in [-0.4, -0.2) is 11.7 Å². The van der Waals surface area contributed by atoms with Gasteiger partial charge in [-0.1, -0.05) is 29.3 Å². The summed E-state index contributed by atoms with van der Waals surface area (Å²) < 4.78 is 5.66. The minimum absolute atomic E-state index is 0.0819. The first-order valence-electron chi connectivity index (χ1n) is 5.73. The molecule has 2 aromatic carbocycles. The Hall–Kier alpha value is -1.36. The van der Waals surface area contributed by atoms with Gasteiger partial charge in [-0.15, -0.1) is 0 Å². The quantitative estimate of drug-likeness (QED) is 0.802. The van der Waals surface area contributed by atoms with Gasteiger partial charge in [0, 0.05) is 5.02 Å². The molecule has 0 heterocycles. The molecule has 6 heteroatoms. The van der Waals surface area contributed by atoms with E-state index in [-0.39, 0.29) is 11.7 Å². The topological polar surface area (TPSA) is 38.3 Å². The van der Waals surface area contributed by atoms with Crippen LogP contribution in [0.5, 0.6) is 11.5 Å². The molecule has 0 radical (unpaired) electrons. The van der Waals surface area contributed by atoms with E-state index < -0.39 is 0 Å². The molecule has 2 aromatic rings. The highest BCUT2D eigenvalue weighted by atomic mass is 35.5. The fourth-order valence-corrected chi connectivity index (χ4v) is 1.92. The average molecular weight is 328 g/mol. The molecule has 0 saturated heterocycles. The van der Waals surface area contributed by atoms with E-state index in [1.807, 2.05) is 0 Å². The van der Waals surface area contributed by atoms with Crippen molar-refractivity contribution >= 4 is 47.4 Å². The zero-order valence-corrected chi connectivity index (χ0v) is 12.7. The monoisotopic (exact) mass is 327 g/mol. The van der Waals surface area contributed by atoms with Crippen molar-refractivity contribution < 1.29 is 9.53 Å². The molecule has 0 saturated carbocycles. The van der Waals surface area contributed by atoms with E-state index in [2.05, 4.69) is 17.9 Å². The smallest absolute Gasteiger partial charge is 0.234 e. The van der Waals surface area contributed by atoms with Crippen LogP contribution in [0, 0.1) is 0 Å². The Morgan fingerprint density at radius 3 is 2.50 bits per heavy atom. The highest BCUT2D eigenvalue weighted by Gasteiger charge is 2.10. The third-order valence-corrected chi connectivity index (χ3v) is 3.35. The van der Waals surface area contributed by atoms with E-state index in [0.717, 1.165) is 0 Å². The predicted molar refractivity (Wildman–Crippen MR) is 85.5 cm³/mol. The van der Waals surface area contributed by atoms with Crippen molar-refractivity contribution in [2.24, 2.45) is 0 Å². The van der Waals surface area contributed by atoms with Gasteiger partial charge in [0.25, 0.3) is 0 Å². The second-order valence-electron chi connectivity index (χ2n) is 3.88. The van der Waals surface area contributed by atoms with Crippen molar-refractivity contribution in [3.8, 4) is 11.5 Å². The number of hydrogen-bond acceptors (Lipinski definition) is 3. The minimum Gasteiger partial charge on any atom is -0.456 e. The number of carbonyl (C=O) groups excluding carboxylic acids is 1. The van der Waals surface area contributed by atoms with Crippen molar-refractivity contribution in [1.82, 2.24) is 0 Å². The van der Waals surface area contributed by atoms with Crippen LogP contribution in [0.2, 0.25) is 10.0 Å². The maximum atomic E-state index is 11.3. The lowest BCUT2D eigenvalue weighted by Crippen LogP contribution is -2.12. The zero-order chi connectivity index (χ0) is 14.5. The van der Waals surface area contributed by atoms with Crippen LogP contribution < -0.4 is 10.1 Å². The first-order chi connectivity index (χ1) is 9.60. The third-order valence-electron chi connectivity index (χ3n) is 2.42. The zero-order valence-electron chi connectivity index (χ0n) is 10.3. The Bertz CT molecular complexity index is 617. The van der Waals surface area contributed by atoms with Gasteiger partial charge < -0.3 is 10.1 Å². The highest BCUT2D eigenvalue weighted by molar-refractivity contribution is 7.81. The summed E-state index contributed by atoms with van der Waals surface area (Å²) in [5.41, 5.74) is 0.484. The van der Waals surface area contributed by atoms with Crippen LogP contribution in [-0.2, 0) is 4.79 Å². The van der Waals surface area contributed by atoms with Crippen LogP contribution in [0.25, 0.3) is 0 Å². The molecule has 20 heavy (non-hydrogen) atoms. The number of rotatable bonds is 4. The number of thiol groups is 1. The molecule has 1 N–H and O–H groups in total. The number of ether oxygens (including phenoxy) is 1. The van der Waals surface area contributed by atoms with Gasteiger partial charge in [-0.3, -0.25) is 4.79 Å². The summed E-state index contributed by atoms with van der Waals surface area (Å²) in [5, 5.41) is 3.60. The number of anilines is 1. The van der Waals surface area contributed by atoms with Gasteiger partial charge in [-0.25, -0.2) is 0 Å². The maximum absolute atomic E-state index is 11.3. The standard InChI is InChI=1S/C14H11Cl2NO2S/c15-9-4-6-10(7-5-9)19-12-3-1-2-11(14(12)16)17-13(18)8-20/h1-7,20H,8H2,(H,17,18). The fourth-order valence-electron chi connectivity index (χ4n) is 1.51. The molecule has 0 unspecified atom stereocenters. The number of nitrogens with one attached hydrogen (secondary N) is 1. The molecule has 104 valence electrons. The molecule has 0 aromatic heterocycles. The number of amides is 1. The average Bonchev–Trinajstić information content (AvgIpc) is 2.45. The van der Waals surface area contributed by atoms with Crippen LogP contribution in [0.4, 0.5) is 5.69 Å². The van der Waals surface area contributed by atoms with Gasteiger partial charge in [0.05, 0.1) is 11.4 Å². The largest absolute Gasteiger partial charge is 0.456 e. The second-order valence-corrected chi connectivity index (χ2v) is 5.01. The van der Waals surface area contributed by atoms with Gasteiger partial charge in [-0.2, -0.15) is 12.6 Å². The molecule has 0 aliphatic heterocycles. The Balaban J connectivity index is 2.22. The normalized spacial score (nSPS) is 10.2. The van der Waals surface area contributed by atoms with Gasteiger partial charge in [0.15, 0.2) is 0 Å². The van der Waals surface area contributed by atoms with Crippen LogP contribution in [0.3, 0.4) is 0 Å². The molecule has 0 spiro atoms. The van der Waals surface area contributed by atoms with Crippen molar-refractivity contribution in [2.45, 2.75) is 0 Å². The van der Waals surface area contributed by atoms with E-state index in [1.54, 1.807) is 42.5 Å². The summed E-state index contributed by atoms with van der Waals surface area (Å²) in [6, 6.07) is 12.1. The van der Waals surface area contributed by atoms with E-state index in [0.29, 0.717) is 27.2 Å². The fraction of sp³-hybridized carbons (Fsp3) is 0.0714. The van der Waals surface area contributed by atoms with E-state index >= 15 is 0 Å². The summed E-state index contributed by atoms with van der Waals surface area (Å²) in [6.45, 7) is 0. The Labute approximate surface area is 132 Å². The van der Waals surface area contributed by atoms with Gasteiger partial charge in [0.1, 0.15) is 16.5 Å². The van der Waals surface area contributed by atoms with E-state index in [9.17, 15) is 4.79 Å². The summed E-state index contributed by atoms with van der Waals surface area (Å²) in [4.78, 5) is 11.3. The second kappa shape index (κ2) is 6.88. The lowest BCUT2D eigenvalue weighted by Gasteiger charge is -2.11. The Kier molecular flexibility index (Phi) is 5.17. The van der Waals surface area contributed by atoms with Crippen LogP contribution >= 0.6 is 35.8 Å². The molecule has 0 bridgehead atoms. The first-order valence-corrected chi connectivity index (χ1v) is 7.11. The number of benzene rings is 2. The summed E-state index contributed by atoms with van der Waals surface area (Å²) in [7, 11) is 0. The molecule has 0 atom stereocenters. The summed E-state index contributed by atoms with van der Waals surface area (Å²) in [5.74, 6) is 0.900. The van der Waals surface area contributed by atoms with Crippen LogP contribution in [0.15, 0.2) is 42.5 Å². The van der Waals surface area contributed by atoms with Crippen molar-refractivity contribution in [3.05, 3.63) is 52.5 Å². The lowest BCUT2D eigenvalue weighted by atomic mass is 10.3. The van der Waals surface area contributed by atoms with Gasteiger partial charge >= 0.3 is 0 Å². The highest BCUT2D eigenvalue weighted by Crippen LogP contribution is 2.35. The molecule has 0 fully saturated rings. The van der Waals surface area contributed by atoms with E-state index in [4.69, 9.17) is 27.9 Å². The van der Waals surface area contributed by atoms with E-state index in [1.165, 1.54) is 0 Å². The maximum Gasteiger partial charge on any atom is 0.234 e.